The highest BCUT2D eigenvalue weighted by Gasteiger charge is 2.31. The maximum atomic E-state index is 12.6. The number of hydrogen-bond acceptors (Lipinski definition) is 6. The molecule has 2 aliphatic heterocycles. The van der Waals surface area contributed by atoms with Crippen molar-refractivity contribution in [3.05, 3.63) is 33.9 Å². The van der Waals surface area contributed by atoms with Gasteiger partial charge in [-0.15, -0.1) is 0 Å². The second kappa shape index (κ2) is 7.40. The average molecular weight is 470 g/mol. The molecule has 0 radical (unpaired) electrons. The number of rotatable bonds is 4. The number of ether oxygens (including phenoxy) is 2. The summed E-state index contributed by atoms with van der Waals surface area (Å²) in [6.07, 6.45) is 0.629. The SMILES string of the molecule is Cc1cc(NC(=O)Cc2cc3c(cc2Br)OCCO3)n(C2CCS(=O)(=O)C2)n1. The van der Waals surface area contributed by atoms with Crippen molar-refractivity contribution >= 4 is 37.5 Å². The van der Waals surface area contributed by atoms with Gasteiger partial charge in [0.05, 0.1) is 29.7 Å². The Kier molecular flexibility index (Phi) is 5.09. The summed E-state index contributed by atoms with van der Waals surface area (Å²) in [5, 5.41) is 7.25. The van der Waals surface area contributed by atoms with Gasteiger partial charge in [-0.1, -0.05) is 15.9 Å². The predicted octanol–water partition coefficient (Wildman–Crippen LogP) is 2.27. The lowest BCUT2D eigenvalue weighted by molar-refractivity contribution is -0.115. The van der Waals surface area contributed by atoms with Crippen molar-refractivity contribution in [2.75, 3.05) is 30.0 Å². The third-order valence-corrected chi connectivity index (χ3v) is 7.23. The largest absolute Gasteiger partial charge is 0.486 e. The predicted molar refractivity (Wildman–Crippen MR) is 107 cm³/mol. The molecule has 2 aliphatic rings. The minimum atomic E-state index is -3.05. The zero-order chi connectivity index (χ0) is 19.9. The Labute approximate surface area is 171 Å². The Morgan fingerprint density at radius 2 is 2.00 bits per heavy atom. The van der Waals surface area contributed by atoms with Crippen molar-refractivity contribution in [3.63, 3.8) is 0 Å². The van der Waals surface area contributed by atoms with Crippen molar-refractivity contribution in [2.24, 2.45) is 0 Å². The molecule has 1 unspecified atom stereocenters. The summed E-state index contributed by atoms with van der Waals surface area (Å²) >= 11 is 3.47. The molecule has 8 nitrogen and oxygen atoms in total. The molecule has 10 heteroatoms. The van der Waals surface area contributed by atoms with Crippen LogP contribution in [0.3, 0.4) is 0 Å². The molecule has 1 aromatic heterocycles. The van der Waals surface area contributed by atoms with Crippen molar-refractivity contribution in [1.82, 2.24) is 9.78 Å². The van der Waals surface area contributed by atoms with Gasteiger partial charge >= 0.3 is 0 Å². The number of carbonyl (C=O) groups excluding carboxylic acids is 1. The van der Waals surface area contributed by atoms with Crippen LogP contribution in [0.1, 0.15) is 23.7 Å². The van der Waals surface area contributed by atoms with Gasteiger partial charge < -0.3 is 14.8 Å². The van der Waals surface area contributed by atoms with E-state index in [-0.39, 0.29) is 29.9 Å². The van der Waals surface area contributed by atoms with E-state index in [1.54, 1.807) is 22.9 Å². The van der Waals surface area contributed by atoms with Crippen LogP contribution in [-0.2, 0) is 21.1 Å². The third-order valence-electron chi connectivity index (χ3n) is 4.74. The molecule has 0 bridgehead atoms. The van der Waals surface area contributed by atoms with Gasteiger partial charge in [0.15, 0.2) is 21.3 Å². The van der Waals surface area contributed by atoms with Crippen LogP contribution in [-0.4, -0.2) is 48.8 Å². The first-order valence-corrected chi connectivity index (χ1v) is 11.6. The van der Waals surface area contributed by atoms with Crippen molar-refractivity contribution in [2.45, 2.75) is 25.8 Å². The quantitative estimate of drug-likeness (QED) is 0.736. The molecule has 1 aromatic carbocycles. The molecule has 1 N–H and O–H groups in total. The maximum absolute atomic E-state index is 12.6. The van der Waals surface area contributed by atoms with Gasteiger partial charge in [-0.3, -0.25) is 4.79 Å². The minimum Gasteiger partial charge on any atom is -0.486 e. The van der Waals surface area contributed by atoms with Gasteiger partial charge in [-0.2, -0.15) is 5.10 Å². The van der Waals surface area contributed by atoms with Crippen molar-refractivity contribution in [3.8, 4) is 11.5 Å². The zero-order valence-corrected chi connectivity index (χ0v) is 17.7. The van der Waals surface area contributed by atoms with E-state index in [2.05, 4.69) is 26.3 Å². The molecule has 1 saturated heterocycles. The van der Waals surface area contributed by atoms with Gasteiger partial charge in [0.2, 0.25) is 5.91 Å². The lowest BCUT2D eigenvalue weighted by Gasteiger charge is -2.20. The fourth-order valence-corrected chi connectivity index (χ4v) is 5.61. The number of benzene rings is 1. The van der Waals surface area contributed by atoms with E-state index in [4.69, 9.17) is 9.47 Å². The van der Waals surface area contributed by atoms with E-state index in [1.165, 1.54) is 0 Å². The number of nitrogens with one attached hydrogen (secondary N) is 1. The number of nitrogens with zero attached hydrogens (tertiary/aromatic N) is 2. The van der Waals surface area contributed by atoms with E-state index in [9.17, 15) is 13.2 Å². The van der Waals surface area contributed by atoms with E-state index >= 15 is 0 Å². The first kappa shape index (κ1) is 19.3. The third kappa shape index (κ3) is 4.02. The summed E-state index contributed by atoms with van der Waals surface area (Å²) < 4.78 is 37.1. The highest BCUT2D eigenvalue weighted by Crippen LogP contribution is 2.36. The number of halogens is 1. The topological polar surface area (TPSA) is 99.5 Å². The molecule has 3 heterocycles. The number of hydrogen-bond donors (Lipinski definition) is 1. The molecule has 1 amide bonds. The molecule has 28 heavy (non-hydrogen) atoms. The molecule has 0 saturated carbocycles. The summed E-state index contributed by atoms with van der Waals surface area (Å²) in [6.45, 7) is 2.79. The number of anilines is 1. The van der Waals surface area contributed by atoms with Crippen LogP contribution in [0.2, 0.25) is 0 Å². The van der Waals surface area contributed by atoms with Gasteiger partial charge in [0.25, 0.3) is 0 Å². The smallest absolute Gasteiger partial charge is 0.229 e. The van der Waals surface area contributed by atoms with Crippen LogP contribution >= 0.6 is 15.9 Å². The molecule has 4 rings (SSSR count). The lowest BCUT2D eigenvalue weighted by Crippen LogP contribution is -2.21. The van der Waals surface area contributed by atoms with E-state index in [1.807, 2.05) is 6.92 Å². The fourth-order valence-electron chi connectivity index (χ4n) is 3.46. The molecule has 1 fully saturated rings. The van der Waals surface area contributed by atoms with Crippen molar-refractivity contribution in [1.29, 1.82) is 0 Å². The number of amides is 1. The van der Waals surface area contributed by atoms with Crippen LogP contribution in [0.4, 0.5) is 5.82 Å². The molecule has 150 valence electrons. The summed E-state index contributed by atoms with van der Waals surface area (Å²) in [5.41, 5.74) is 1.49. The normalized spacial score (nSPS) is 20.1. The summed E-state index contributed by atoms with van der Waals surface area (Å²) in [5.74, 6) is 1.75. The monoisotopic (exact) mass is 469 g/mol. The summed E-state index contributed by atoms with van der Waals surface area (Å²) in [6, 6.07) is 5.09. The highest BCUT2D eigenvalue weighted by molar-refractivity contribution is 9.10. The van der Waals surface area contributed by atoms with Gasteiger partial charge in [0.1, 0.15) is 19.0 Å². The van der Waals surface area contributed by atoms with Crippen LogP contribution in [0.5, 0.6) is 11.5 Å². The van der Waals surface area contributed by atoms with Gasteiger partial charge in [-0.25, -0.2) is 13.1 Å². The lowest BCUT2D eigenvalue weighted by atomic mass is 10.1. The first-order valence-electron chi connectivity index (χ1n) is 8.95. The van der Waals surface area contributed by atoms with Gasteiger partial charge in [-0.05, 0) is 31.0 Å². The highest BCUT2D eigenvalue weighted by atomic mass is 79.9. The number of aryl methyl sites for hydroxylation is 1. The molecular formula is C18H20BrN3O5S. The van der Waals surface area contributed by atoms with Crippen molar-refractivity contribution < 1.29 is 22.7 Å². The molecule has 0 aliphatic carbocycles. The Balaban J connectivity index is 1.51. The first-order chi connectivity index (χ1) is 13.3. The molecule has 1 atom stereocenters. The Morgan fingerprint density at radius 1 is 1.29 bits per heavy atom. The maximum Gasteiger partial charge on any atom is 0.229 e. The second-order valence-electron chi connectivity index (χ2n) is 6.98. The van der Waals surface area contributed by atoms with Crippen LogP contribution in [0, 0.1) is 6.92 Å². The molecular weight excluding hydrogens is 450 g/mol. The number of aromatic nitrogens is 2. The van der Waals surface area contributed by atoms with E-state index < -0.39 is 9.84 Å². The van der Waals surface area contributed by atoms with Crippen LogP contribution in [0.25, 0.3) is 0 Å². The number of carbonyl (C=O) groups is 1. The number of sulfone groups is 1. The minimum absolute atomic E-state index is 0.0463. The Hall–Kier alpha value is -2.07. The molecule has 2 aromatic rings. The number of fused-ring (bicyclic) bond motifs is 1. The molecule has 0 spiro atoms. The van der Waals surface area contributed by atoms with E-state index in [0.29, 0.717) is 37.0 Å². The summed E-state index contributed by atoms with van der Waals surface area (Å²) in [4.78, 5) is 12.6. The van der Waals surface area contributed by atoms with Gasteiger partial charge in [0, 0.05) is 10.5 Å². The second-order valence-corrected chi connectivity index (χ2v) is 10.1. The standard InChI is InChI=1S/C18H20BrN3O5S/c1-11-6-17(22(21-11)13-2-5-28(24,25)10-13)20-18(23)8-12-7-15-16(9-14(12)19)27-4-3-26-15/h6-7,9,13H,2-5,8,10H2,1H3,(H,20,23). The zero-order valence-electron chi connectivity index (χ0n) is 15.3. The Morgan fingerprint density at radius 3 is 2.68 bits per heavy atom. The Bertz CT molecular complexity index is 1030. The fraction of sp³-hybridized carbons (Fsp3) is 0.444. The average Bonchev–Trinajstić information content (AvgIpc) is 3.17. The van der Waals surface area contributed by atoms with Crippen LogP contribution < -0.4 is 14.8 Å². The van der Waals surface area contributed by atoms with Crippen LogP contribution in [0.15, 0.2) is 22.7 Å². The van der Waals surface area contributed by atoms with E-state index in [0.717, 1.165) is 15.7 Å². The summed E-state index contributed by atoms with van der Waals surface area (Å²) in [7, 11) is -3.05.